The third kappa shape index (κ3) is 4.53. The van der Waals surface area contributed by atoms with E-state index in [0.717, 1.165) is 73.8 Å². The minimum absolute atomic E-state index is 0.179. The molecular formula is C26H41N5O. The predicted molar refractivity (Wildman–Crippen MR) is 134 cm³/mol. The highest BCUT2D eigenvalue weighted by molar-refractivity contribution is 6.33. The molecule has 0 unspecified atom stereocenters. The molecule has 3 aliphatic rings. The molecule has 1 aromatic carbocycles. The maximum atomic E-state index is 14.0. The molecule has 6 heteroatoms. The molecule has 0 aliphatic carbocycles. The van der Waals surface area contributed by atoms with Crippen molar-refractivity contribution >= 4 is 22.9 Å². The minimum atomic E-state index is 0.179. The fourth-order valence-corrected chi connectivity index (χ4v) is 5.33. The number of carbonyl (C=O) groups is 1. The molecule has 3 heterocycles. The topological polar surface area (TPSA) is 50.9 Å². The summed E-state index contributed by atoms with van der Waals surface area (Å²) in [5.74, 6) is 0.179. The first kappa shape index (κ1) is 23.1. The lowest BCUT2D eigenvalue weighted by Crippen LogP contribution is -2.49. The summed E-state index contributed by atoms with van der Waals surface area (Å²) in [6.07, 6.45) is 2.06. The number of fused-ring (bicyclic) bond motifs is 1. The van der Waals surface area contributed by atoms with Crippen LogP contribution in [-0.4, -0.2) is 72.6 Å². The number of nitrogens with zero attached hydrogens (tertiary/aromatic N) is 3. The van der Waals surface area contributed by atoms with E-state index in [2.05, 4.69) is 85.1 Å². The standard InChI is InChI=1S/C26H41N5O/c1-17(2)28-20-7-8-24-22(15-20)25(23-16-30(19(5)6)14-11-27-23)26(32)31(24)21-9-12-29(13-10-21)18(3)4/h7-8,15,17-19,21,27-28H,9-14,16H2,1-6H3/b25-23-. The van der Waals surface area contributed by atoms with Crippen LogP contribution in [0.5, 0.6) is 0 Å². The average Bonchev–Trinajstić information content (AvgIpc) is 3.04. The Bertz CT molecular complexity index is 867. The third-order valence-electron chi connectivity index (χ3n) is 7.14. The van der Waals surface area contributed by atoms with Gasteiger partial charge in [0.1, 0.15) is 0 Å². The fourth-order valence-electron chi connectivity index (χ4n) is 5.33. The quantitative estimate of drug-likeness (QED) is 0.685. The number of nitrogens with one attached hydrogen (secondary N) is 2. The first-order chi connectivity index (χ1) is 15.3. The normalized spacial score (nSPS) is 23.4. The largest absolute Gasteiger partial charge is 0.385 e. The molecule has 176 valence electrons. The van der Waals surface area contributed by atoms with E-state index >= 15 is 0 Å². The first-order valence-electron chi connectivity index (χ1n) is 12.5. The molecule has 6 nitrogen and oxygen atoms in total. The molecule has 1 amide bonds. The Balaban J connectivity index is 1.71. The minimum Gasteiger partial charge on any atom is -0.385 e. The molecule has 2 fully saturated rings. The molecule has 0 bridgehead atoms. The summed E-state index contributed by atoms with van der Waals surface area (Å²) < 4.78 is 0. The van der Waals surface area contributed by atoms with Crippen LogP contribution >= 0.6 is 0 Å². The number of benzene rings is 1. The van der Waals surface area contributed by atoms with E-state index in [-0.39, 0.29) is 11.9 Å². The van der Waals surface area contributed by atoms with Crippen LogP contribution < -0.4 is 15.5 Å². The molecule has 0 aromatic heterocycles. The lowest BCUT2D eigenvalue weighted by Gasteiger charge is -2.38. The van der Waals surface area contributed by atoms with Gasteiger partial charge in [0.25, 0.3) is 5.91 Å². The van der Waals surface area contributed by atoms with Gasteiger partial charge in [-0.1, -0.05) is 0 Å². The van der Waals surface area contributed by atoms with Gasteiger partial charge in [-0.15, -0.1) is 0 Å². The van der Waals surface area contributed by atoms with Gasteiger partial charge in [0.15, 0.2) is 0 Å². The molecule has 2 N–H and O–H groups in total. The lowest BCUT2D eigenvalue weighted by atomic mass is 10.0. The van der Waals surface area contributed by atoms with Crippen molar-refractivity contribution in [3.63, 3.8) is 0 Å². The predicted octanol–water partition coefficient (Wildman–Crippen LogP) is 3.75. The lowest BCUT2D eigenvalue weighted by molar-refractivity contribution is -0.113. The van der Waals surface area contributed by atoms with Crippen molar-refractivity contribution in [3.05, 3.63) is 29.5 Å². The van der Waals surface area contributed by atoms with E-state index in [4.69, 9.17) is 0 Å². The van der Waals surface area contributed by atoms with Crippen molar-refractivity contribution in [1.82, 2.24) is 15.1 Å². The average molecular weight is 440 g/mol. The number of rotatable bonds is 5. The van der Waals surface area contributed by atoms with Gasteiger partial charge in [-0.25, -0.2) is 0 Å². The third-order valence-corrected chi connectivity index (χ3v) is 7.14. The van der Waals surface area contributed by atoms with E-state index in [1.165, 1.54) is 0 Å². The summed E-state index contributed by atoms with van der Waals surface area (Å²) >= 11 is 0. The molecule has 3 aliphatic heterocycles. The molecular weight excluding hydrogens is 398 g/mol. The summed E-state index contributed by atoms with van der Waals surface area (Å²) in [4.78, 5) is 21.1. The fraction of sp³-hybridized carbons (Fsp3) is 0.654. The van der Waals surface area contributed by atoms with Crippen LogP contribution in [0.25, 0.3) is 5.57 Å². The van der Waals surface area contributed by atoms with E-state index < -0.39 is 0 Å². The molecule has 1 aromatic rings. The van der Waals surface area contributed by atoms with Gasteiger partial charge in [-0.05, 0) is 72.6 Å². The second-order valence-corrected chi connectivity index (χ2v) is 10.4. The Morgan fingerprint density at radius 1 is 0.969 bits per heavy atom. The van der Waals surface area contributed by atoms with Crippen molar-refractivity contribution in [2.24, 2.45) is 0 Å². The maximum absolute atomic E-state index is 14.0. The molecule has 0 radical (unpaired) electrons. The number of amides is 1. The summed E-state index contributed by atoms with van der Waals surface area (Å²) in [6, 6.07) is 8.12. The van der Waals surface area contributed by atoms with Crippen molar-refractivity contribution in [2.45, 2.75) is 78.6 Å². The van der Waals surface area contributed by atoms with Crippen molar-refractivity contribution in [3.8, 4) is 0 Å². The molecule has 2 saturated heterocycles. The highest BCUT2D eigenvalue weighted by Gasteiger charge is 2.40. The molecule has 4 rings (SSSR count). The summed E-state index contributed by atoms with van der Waals surface area (Å²) in [5.41, 5.74) is 5.21. The second-order valence-electron chi connectivity index (χ2n) is 10.4. The van der Waals surface area contributed by atoms with E-state index in [9.17, 15) is 4.79 Å². The van der Waals surface area contributed by atoms with Gasteiger partial charge in [0, 0.05) is 73.8 Å². The summed E-state index contributed by atoms with van der Waals surface area (Å²) in [5, 5.41) is 7.11. The molecule has 32 heavy (non-hydrogen) atoms. The Kier molecular flexibility index (Phi) is 6.82. The number of piperidine rings is 1. The highest BCUT2D eigenvalue weighted by atomic mass is 16.2. The zero-order chi connectivity index (χ0) is 23.0. The Morgan fingerprint density at radius 2 is 1.66 bits per heavy atom. The molecule has 0 atom stereocenters. The highest BCUT2D eigenvalue weighted by Crippen LogP contribution is 2.42. The van der Waals surface area contributed by atoms with Gasteiger partial charge in [0.2, 0.25) is 0 Å². The van der Waals surface area contributed by atoms with Crippen LogP contribution in [0.1, 0.15) is 59.9 Å². The van der Waals surface area contributed by atoms with Crippen LogP contribution in [0.15, 0.2) is 23.9 Å². The van der Waals surface area contributed by atoms with Crippen LogP contribution in [0.4, 0.5) is 11.4 Å². The van der Waals surface area contributed by atoms with E-state index in [1.54, 1.807) is 0 Å². The van der Waals surface area contributed by atoms with Crippen LogP contribution in [0.3, 0.4) is 0 Å². The smallest absolute Gasteiger partial charge is 0.261 e. The van der Waals surface area contributed by atoms with Gasteiger partial charge < -0.3 is 20.4 Å². The number of likely N-dealkylation sites (tertiary alicyclic amines) is 1. The van der Waals surface area contributed by atoms with Crippen molar-refractivity contribution in [2.75, 3.05) is 42.9 Å². The molecule has 0 saturated carbocycles. The summed E-state index contributed by atoms with van der Waals surface area (Å²) in [6.45, 7) is 18.1. The van der Waals surface area contributed by atoms with Crippen LogP contribution in [0.2, 0.25) is 0 Å². The number of anilines is 2. The van der Waals surface area contributed by atoms with Crippen molar-refractivity contribution in [1.29, 1.82) is 0 Å². The number of hydrogen-bond acceptors (Lipinski definition) is 5. The van der Waals surface area contributed by atoms with Gasteiger partial charge in [-0.2, -0.15) is 0 Å². The number of carbonyl (C=O) groups excluding carboxylic acids is 1. The second kappa shape index (κ2) is 9.44. The van der Waals surface area contributed by atoms with Crippen LogP contribution in [-0.2, 0) is 4.79 Å². The number of piperazine rings is 1. The van der Waals surface area contributed by atoms with Crippen molar-refractivity contribution < 1.29 is 4.79 Å². The van der Waals surface area contributed by atoms with Gasteiger partial charge in [0.05, 0.1) is 11.3 Å². The Labute approximate surface area is 194 Å². The monoisotopic (exact) mass is 439 g/mol. The van der Waals surface area contributed by atoms with Crippen LogP contribution in [0, 0.1) is 0 Å². The molecule has 0 spiro atoms. The zero-order valence-corrected chi connectivity index (χ0v) is 20.7. The zero-order valence-electron chi connectivity index (χ0n) is 20.7. The Morgan fingerprint density at radius 3 is 2.28 bits per heavy atom. The summed E-state index contributed by atoms with van der Waals surface area (Å²) in [7, 11) is 0. The maximum Gasteiger partial charge on any atom is 0.261 e. The Hall–Kier alpha value is -2.05. The SMILES string of the molecule is CC(C)Nc1ccc2c(c1)/C(=C1\CN(C(C)C)CCN1)C(=O)N2C1CCN(C(C)C)CC1. The van der Waals surface area contributed by atoms with E-state index in [1.807, 2.05) is 0 Å². The number of hydrogen-bond donors (Lipinski definition) is 2. The van der Waals surface area contributed by atoms with E-state index in [0.29, 0.717) is 18.1 Å². The van der Waals surface area contributed by atoms with Gasteiger partial charge in [-0.3, -0.25) is 9.69 Å². The van der Waals surface area contributed by atoms with Gasteiger partial charge >= 0.3 is 0 Å². The first-order valence-corrected chi connectivity index (χ1v) is 12.5.